The molecule has 0 saturated heterocycles. The second kappa shape index (κ2) is 6.88. The summed E-state index contributed by atoms with van der Waals surface area (Å²) in [6, 6.07) is 0.537. The minimum atomic E-state index is 0.537. The second-order valence-electron chi connectivity index (χ2n) is 5.57. The zero-order valence-corrected chi connectivity index (χ0v) is 11.7. The van der Waals surface area contributed by atoms with Gasteiger partial charge in [-0.1, -0.05) is 32.1 Å². The van der Waals surface area contributed by atoms with Gasteiger partial charge >= 0.3 is 0 Å². The number of hydrogen-bond acceptors (Lipinski definition) is 3. The van der Waals surface area contributed by atoms with E-state index in [-0.39, 0.29) is 0 Å². The summed E-state index contributed by atoms with van der Waals surface area (Å²) < 4.78 is 1.88. The van der Waals surface area contributed by atoms with Crippen molar-refractivity contribution in [1.29, 1.82) is 0 Å². The molecular formula is C14H26N4. The van der Waals surface area contributed by atoms with E-state index in [0.717, 1.165) is 18.2 Å². The highest BCUT2D eigenvalue weighted by molar-refractivity contribution is 4.88. The molecule has 1 heterocycles. The van der Waals surface area contributed by atoms with Crippen molar-refractivity contribution in [3.05, 3.63) is 12.2 Å². The Balaban J connectivity index is 1.76. The van der Waals surface area contributed by atoms with Crippen LogP contribution in [-0.2, 0) is 13.5 Å². The topological polar surface area (TPSA) is 42.7 Å². The fourth-order valence-corrected chi connectivity index (χ4v) is 2.99. The van der Waals surface area contributed by atoms with Crippen molar-refractivity contribution in [2.24, 2.45) is 13.0 Å². The first-order valence-corrected chi connectivity index (χ1v) is 7.29. The average Bonchev–Trinajstić information content (AvgIpc) is 2.81. The average molecular weight is 250 g/mol. The van der Waals surface area contributed by atoms with Gasteiger partial charge < -0.3 is 5.32 Å². The number of likely N-dealkylation sites (N-methyl/N-ethyl adjacent to an activating group) is 1. The molecule has 1 aromatic heterocycles. The van der Waals surface area contributed by atoms with Gasteiger partial charge in [-0.15, -0.1) is 0 Å². The highest BCUT2D eigenvalue weighted by Crippen LogP contribution is 2.27. The first-order chi connectivity index (χ1) is 8.79. The summed E-state index contributed by atoms with van der Waals surface area (Å²) in [6.07, 6.45) is 12.5. The number of nitrogens with one attached hydrogen (secondary N) is 1. The molecule has 1 aliphatic rings. The molecule has 4 nitrogen and oxygen atoms in total. The van der Waals surface area contributed by atoms with E-state index < -0.39 is 0 Å². The van der Waals surface area contributed by atoms with E-state index >= 15 is 0 Å². The van der Waals surface area contributed by atoms with Gasteiger partial charge in [0.1, 0.15) is 12.2 Å². The van der Waals surface area contributed by atoms with Crippen LogP contribution in [0.1, 0.15) is 50.8 Å². The lowest BCUT2D eigenvalue weighted by Gasteiger charge is -2.24. The monoisotopic (exact) mass is 250 g/mol. The molecule has 1 aromatic rings. The number of aromatic nitrogens is 3. The third-order valence-electron chi connectivity index (χ3n) is 4.29. The van der Waals surface area contributed by atoms with E-state index in [1.54, 1.807) is 6.33 Å². The summed E-state index contributed by atoms with van der Waals surface area (Å²) in [5, 5.41) is 7.56. The summed E-state index contributed by atoms with van der Waals surface area (Å²) in [6.45, 7) is 0. The number of hydrogen-bond donors (Lipinski definition) is 1. The van der Waals surface area contributed by atoms with Crippen molar-refractivity contribution >= 4 is 0 Å². The SMILES string of the molecule is CNC(CCC1CCCCC1)Cc1ncnn1C. The minimum Gasteiger partial charge on any atom is -0.317 e. The van der Waals surface area contributed by atoms with Crippen molar-refractivity contribution < 1.29 is 0 Å². The van der Waals surface area contributed by atoms with Crippen LogP contribution in [0.2, 0.25) is 0 Å². The molecule has 1 saturated carbocycles. The van der Waals surface area contributed by atoms with Crippen LogP contribution in [0.4, 0.5) is 0 Å². The van der Waals surface area contributed by atoms with Crippen molar-refractivity contribution in [3.63, 3.8) is 0 Å². The third kappa shape index (κ3) is 3.80. The molecule has 0 aromatic carbocycles. The smallest absolute Gasteiger partial charge is 0.138 e. The van der Waals surface area contributed by atoms with Crippen LogP contribution < -0.4 is 5.32 Å². The second-order valence-corrected chi connectivity index (χ2v) is 5.57. The van der Waals surface area contributed by atoms with Crippen molar-refractivity contribution in [2.45, 2.75) is 57.4 Å². The van der Waals surface area contributed by atoms with Gasteiger partial charge in [0.05, 0.1) is 0 Å². The third-order valence-corrected chi connectivity index (χ3v) is 4.29. The van der Waals surface area contributed by atoms with Crippen LogP contribution in [-0.4, -0.2) is 27.9 Å². The number of nitrogens with zero attached hydrogens (tertiary/aromatic N) is 3. The van der Waals surface area contributed by atoms with Crippen molar-refractivity contribution in [1.82, 2.24) is 20.1 Å². The van der Waals surface area contributed by atoms with Gasteiger partial charge in [0.15, 0.2) is 0 Å². The van der Waals surface area contributed by atoms with E-state index in [2.05, 4.69) is 22.4 Å². The molecular weight excluding hydrogens is 224 g/mol. The van der Waals surface area contributed by atoms with Gasteiger partial charge in [0.25, 0.3) is 0 Å². The fourth-order valence-electron chi connectivity index (χ4n) is 2.99. The lowest BCUT2D eigenvalue weighted by Crippen LogP contribution is -2.29. The predicted molar refractivity (Wildman–Crippen MR) is 73.4 cm³/mol. The van der Waals surface area contributed by atoms with Crippen LogP contribution in [0.15, 0.2) is 6.33 Å². The van der Waals surface area contributed by atoms with Crippen LogP contribution in [0.25, 0.3) is 0 Å². The quantitative estimate of drug-likeness (QED) is 0.842. The summed E-state index contributed by atoms with van der Waals surface area (Å²) in [4.78, 5) is 4.31. The maximum atomic E-state index is 4.31. The predicted octanol–water partition coefficient (Wildman–Crippen LogP) is 2.31. The summed E-state index contributed by atoms with van der Waals surface area (Å²) in [5.41, 5.74) is 0. The molecule has 18 heavy (non-hydrogen) atoms. The maximum Gasteiger partial charge on any atom is 0.138 e. The molecule has 1 atom stereocenters. The molecule has 0 aliphatic heterocycles. The normalized spacial score (nSPS) is 19.0. The Labute approximate surface area is 110 Å². The van der Waals surface area contributed by atoms with Crippen LogP contribution in [0, 0.1) is 5.92 Å². The van der Waals surface area contributed by atoms with Gasteiger partial charge in [0, 0.05) is 19.5 Å². The number of aryl methyl sites for hydroxylation is 1. The van der Waals surface area contributed by atoms with Crippen molar-refractivity contribution in [2.75, 3.05) is 7.05 Å². The Kier molecular flexibility index (Phi) is 5.17. The summed E-state index contributed by atoms with van der Waals surface area (Å²) >= 11 is 0. The molecule has 0 spiro atoms. The van der Waals surface area contributed by atoms with E-state index in [1.165, 1.54) is 44.9 Å². The van der Waals surface area contributed by atoms with E-state index in [9.17, 15) is 0 Å². The Bertz CT molecular complexity index is 341. The Morgan fingerprint density at radius 1 is 1.39 bits per heavy atom. The van der Waals surface area contributed by atoms with Gasteiger partial charge in [-0.25, -0.2) is 4.98 Å². The molecule has 0 bridgehead atoms. The zero-order chi connectivity index (χ0) is 12.8. The molecule has 2 rings (SSSR count). The van der Waals surface area contributed by atoms with Gasteiger partial charge in [-0.3, -0.25) is 4.68 Å². The Hall–Kier alpha value is -0.900. The van der Waals surface area contributed by atoms with Crippen LogP contribution in [0.3, 0.4) is 0 Å². The highest BCUT2D eigenvalue weighted by Gasteiger charge is 2.16. The van der Waals surface area contributed by atoms with E-state index in [4.69, 9.17) is 0 Å². The van der Waals surface area contributed by atoms with Crippen LogP contribution in [0.5, 0.6) is 0 Å². The molecule has 1 fully saturated rings. The van der Waals surface area contributed by atoms with Crippen molar-refractivity contribution in [3.8, 4) is 0 Å². The standard InChI is InChI=1S/C14H26N4/c1-15-13(10-14-16-11-17-18(14)2)9-8-12-6-4-3-5-7-12/h11-13,15H,3-10H2,1-2H3. The zero-order valence-electron chi connectivity index (χ0n) is 11.7. The maximum absolute atomic E-state index is 4.31. The largest absolute Gasteiger partial charge is 0.317 e. The van der Waals surface area contributed by atoms with Crippen LogP contribution >= 0.6 is 0 Å². The van der Waals surface area contributed by atoms with Gasteiger partial charge in [0.2, 0.25) is 0 Å². The fraction of sp³-hybridized carbons (Fsp3) is 0.857. The molecule has 102 valence electrons. The number of rotatable bonds is 6. The summed E-state index contributed by atoms with van der Waals surface area (Å²) in [7, 11) is 4.03. The minimum absolute atomic E-state index is 0.537. The Morgan fingerprint density at radius 2 is 2.17 bits per heavy atom. The van der Waals surface area contributed by atoms with Gasteiger partial charge in [-0.05, 0) is 25.8 Å². The first-order valence-electron chi connectivity index (χ1n) is 7.29. The molecule has 1 aliphatic carbocycles. The van der Waals surface area contributed by atoms with E-state index in [1.807, 2.05) is 11.7 Å². The molecule has 4 heteroatoms. The van der Waals surface area contributed by atoms with Gasteiger partial charge in [-0.2, -0.15) is 5.10 Å². The molecule has 0 amide bonds. The molecule has 0 radical (unpaired) electrons. The lowest BCUT2D eigenvalue weighted by atomic mass is 9.85. The van der Waals surface area contributed by atoms with E-state index in [0.29, 0.717) is 6.04 Å². The highest BCUT2D eigenvalue weighted by atomic mass is 15.3. The molecule has 1 N–H and O–H groups in total. The lowest BCUT2D eigenvalue weighted by molar-refractivity contribution is 0.314. The summed E-state index contributed by atoms with van der Waals surface area (Å²) in [5.74, 6) is 2.05. The Morgan fingerprint density at radius 3 is 2.78 bits per heavy atom. The first kappa shape index (κ1) is 13.5. The molecule has 1 unspecified atom stereocenters.